The van der Waals surface area contributed by atoms with Crippen LogP contribution in [-0.2, 0) is 16.0 Å². The van der Waals surface area contributed by atoms with Gasteiger partial charge in [0.15, 0.2) is 5.17 Å². The Balaban J connectivity index is 1.90. The first-order valence-corrected chi connectivity index (χ1v) is 9.95. The summed E-state index contributed by atoms with van der Waals surface area (Å²) in [5, 5.41) is 0.686. The van der Waals surface area contributed by atoms with E-state index in [4.69, 9.17) is 9.73 Å². The first-order valence-electron chi connectivity index (χ1n) is 9.13. The minimum Gasteiger partial charge on any atom is -0.465 e. The Hall–Kier alpha value is -2.86. The van der Waals surface area contributed by atoms with Gasteiger partial charge in [-0.15, -0.1) is 0 Å². The van der Waals surface area contributed by atoms with Crippen LogP contribution in [0.5, 0.6) is 0 Å². The molecule has 144 valence electrons. The number of amides is 1. The van der Waals surface area contributed by atoms with Crippen molar-refractivity contribution in [2.45, 2.75) is 20.3 Å². The maximum atomic E-state index is 12.8. The normalized spacial score (nSPS) is 16.8. The van der Waals surface area contributed by atoms with E-state index >= 15 is 0 Å². The molecular weight excluding hydrogens is 372 g/mol. The third-order valence-electron chi connectivity index (χ3n) is 4.42. The van der Waals surface area contributed by atoms with E-state index < -0.39 is 0 Å². The highest BCUT2D eigenvalue weighted by atomic mass is 32.2. The summed E-state index contributed by atoms with van der Waals surface area (Å²) in [4.78, 5) is 31.4. The highest BCUT2D eigenvalue weighted by Crippen LogP contribution is 2.34. The Labute approximate surface area is 169 Å². The summed E-state index contributed by atoms with van der Waals surface area (Å²) in [6, 6.07) is 14.9. The van der Waals surface area contributed by atoms with Crippen molar-refractivity contribution >= 4 is 40.6 Å². The van der Waals surface area contributed by atoms with Gasteiger partial charge in [0, 0.05) is 6.54 Å². The van der Waals surface area contributed by atoms with Crippen molar-refractivity contribution < 1.29 is 14.3 Å². The molecule has 0 atom stereocenters. The van der Waals surface area contributed by atoms with Gasteiger partial charge in [0.05, 0.1) is 23.3 Å². The van der Waals surface area contributed by atoms with Crippen molar-refractivity contribution in [3.05, 3.63) is 70.1 Å². The average Bonchev–Trinajstić information content (AvgIpc) is 3.02. The summed E-state index contributed by atoms with van der Waals surface area (Å²) in [5.41, 5.74) is 3.36. The quantitative estimate of drug-likeness (QED) is 0.547. The fraction of sp³-hybridized carbons (Fsp3) is 0.227. The van der Waals surface area contributed by atoms with Crippen molar-refractivity contribution in [1.29, 1.82) is 0 Å². The number of nitrogens with zero attached hydrogens (tertiary/aromatic N) is 2. The molecule has 2 aromatic rings. The molecule has 6 heteroatoms. The molecule has 5 nitrogen and oxygen atoms in total. The predicted octanol–water partition coefficient (Wildman–Crippen LogP) is 4.66. The second kappa shape index (κ2) is 8.89. The van der Waals surface area contributed by atoms with E-state index in [1.807, 2.05) is 31.2 Å². The monoisotopic (exact) mass is 394 g/mol. The van der Waals surface area contributed by atoms with Crippen LogP contribution in [0.4, 0.5) is 5.69 Å². The van der Waals surface area contributed by atoms with Gasteiger partial charge in [-0.3, -0.25) is 9.69 Å². The molecular formula is C22H22N2O3S. The van der Waals surface area contributed by atoms with Gasteiger partial charge in [0.2, 0.25) is 0 Å². The molecule has 2 aromatic carbocycles. The number of carbonyl (C=O) groups excluding carboxylic acids is 2. The zero-order valence-electron chi connectivity index (χ0n) is 16.1. The summed E-state index contributed by atoms with van der Waals surface area (Å²) in [6.45, 7) is 4.58. The molecule has 0 saturated carbocycles. The molecule has 0 spiro atoms. The first-order chi connectivity index (χ1) is 13.6. The van der Waals surface area contributed by atoms with Crippen LogP contribution in [0, 0.1) is 0 Å². The number of aryl methyl sites for hydroxylation is 1. The molecule has 0 bridgehead atoms. The van der Waals surface area contributed by atoms with E-state index in [0.29, 0.717) is 22.2 Å². The molecule has 0 aromatic heterocycles. The van der Waals surface area contributed by atoms with Gasteiger partial charge in [-0.2, -0.15) is 0 Å². The zero-order chi connectivity index (χ0) is 20.1. The van der Waals surface area contributed by atoms with E-state index in [2.05, 4.69) is 13.0 Å². The molecule has 0 radical (unpaired) electrons. The van der Waals surface area contributed by atoms with E-state index in [-0.39, 0.29) is 11.9 Å². The molecule has 1 aliphatic heterocycles. The fourth-order valence-electron chi connectivity index (χ4n) is 2.88. The highest BCUT2D eigenvalue weighted by Gasteiger charge is 2.32. The molecule has 1 amide bonds. The maximum Gasteiger partial charge on any atom is 0.337 e. The highest BCUT2D eigenvalue weighted by molar-refractivity contribution is 8.18. The SMILES string of the molecule is CCc1ccccc1N=C1S/C(=C/c2ccc(C(=O)OC)cc2)C(=O)N1CC. The van der Waals surface area contributed by atoms with Gasteiger partial charge in [-0.1, -0.05) is 37.3 Å². The zero-order valence-corrected chi connectivity index (χ0v) is 17.0. The molecule has 1 saturated heterocycles. The Kier molecular flexibility index (Phi) is 6.31. The van der Waals surface area contributed by atoms with Crippen LogP contribution in [0.3, 0.4) is 0 Å². The summed E-state index contributed by atoms with van der Waals surface area (Å²) >= 11 is 1.37. The van der Waals surface area contributed by atoms with Gasteiger partial charge >= 0.3 is 5.97 Å². The Morgan fingerprint density at radius 3 is 2.50 bits per heavy atom. The average molecular weight is 394 g/mol. The van der Waals surface area contributed by atoms with Crippen LogP contribution in [0.1, 0.15) is 35.3 Å². The number of amidine groups is 1. The molecule has 3 rings (SSSR count). The number of carbonyl (C=O) groups is 2. The smallest absolute Gasteiger partial charge is 0.337 e. The second-order valence-corrected chi connectivity index (χ2v) is 7.16. The van der Waals surface area contributed by atoms with Crippen LogP contribution in [-0.4, -0.2) is 35.6 Å². The molecule has 0 N–H and O–H groups in total. The largest absolute Gasteiger partial charge is 0.465 e. The molecule has 1 aliphatic rings. The van der Waals surface area contributed by atoms with Crippen molar-refractivity contribution in [1.82, 2.24) is 4.90 Å². The topological polar surface area (TPSA) is 59.0 Å². The second-order valence-electron chi connectivity index (χ2n) is 6.15. The summed E-state index contributed by atoms with van der Waals surface area (Å²) in [5.74, 6) is -0.441. The third kappa shape index (κ3) is 4.17. The maximum absolute atomic E-state index is 12.8. The number of aliphatic imine (C=N–C) groups is 1. The van der Waals surface area contributed by atoms with Crippen molar-refractivity contribution in [2.24, 2.45) is 4.99 Å². The van der Waals surface area contributed by atoms with Gasteiger partial charge < -0.3 is 4.74 Å². The van der Waals surface area contributed by atoms with Gasteiger partial charge in [-0.25, -0.2) is 9.79 Å². The van der Waals surface area contributed by atoms with Gasteiger partial charge in [0.25, 0.3) is 5.91 Å². The van der Waals surface area contributed by atoms with Crippen molar-refractivity contribution in [2.75, 3.05) is 13.7 Å². The Bertz CT molecular complexity index is 949. The van der Waals surface area contributed by atoms with Crippen LogP contribution in [0.2, 0.25) is 0 Å². The summed E-state index contributed by atoms with van der Waals surface area (Å²) in [6.07, 6.45) is 2.71. The lowest BCUT2D eigenvalue weighted by molar-refractivity contribution is -0.122. The number of esters is 1. The van der Waals surface area contributed by atoms with Gasteiger partial charge in [-0.05, 0) is 60.5 Å². The standard InChI is InChI=1S/C22H22N2O3S/c1-4-16-8-6-7-9-18(16)23-22-24(5-2)20(25)19(28-22)14-15-10-12-17(13-11-15)21(26)27-3/h6-14H,4-5H2,1-3H3/b19-14+,23-22?. The van der Waals surface area contributed by atoms with E-state index in [1.54, 1.807) is 29.2 Å². The Morgan fingerprint density at radius 2 is 1.86 bits per heavy atom. The van der Waals surface area contributed by atoms with Crippen molar-refractivity contribution in [3.63, 3.8) is 0 Å². The fourth-order valence-corrected chi connectivity index (χ4v) is 3.93. The third-order valence-corrected chi connectivity index (χ3v) is 5.43. The van der Waals surface area contributed by atoms with Crippen molar-refractivity contribution in [3.8, 4) is 0 Å². The number of thioether (sulfide) groups is 1. The minimum absolute atomic E-state index is 0.0581. The van der Waals surface area contributed by atoms with E-state index in [9.17, 15) is 9.59 Å². The minimum atomic E-state index is -0.383. The lowest BCUT2D eigenvalue weighted by Gasteiger charge is -2.12. The van der Waals surface area contributed by atoms with Crippen LogP contribution in [0.25, 0.3) is 6.08 Å². The molecule has 1 heterocycles. The number of rotatable bonds is 5. The number of ether oxygens (including phenoxy) is 1. The Morgan fingerprint density at radius 1 is 1.14 bits per heavy atom. The molecule has 0 aliphatic carbocycles. The number of hydrogen-bond donors (Lipinski definition) is 0. The van der Waals surface area contributed by atoms with Gasteiger partial charge in [0.1, 0.15) is 0 Å². The number of likely N-dealkylation sites (N-methyl/N-ethyl adjacent to an activating group) is 1. The molecule has 1 fully saturated rings. The van der Waals surface area contributed by atoms with Crippen LogP contribution < -0.4 is 0 Å². The van der Waals surface area contributed by atoms with E-state index in [1.165, 1.54) is 18.9 Å². The molecule has 28 heavy (non-hydrogen) atoms. The number of methoxy groups -OCH3 is 1. The summed E-state index contributed by atoms with van der Waals surface area (Å²) in [7, 11) is 1.35. The summed E-state index contributed by atoms with van der Waals surface area (Å²) < 4.78 is 4.71. The lowest BCUT2D eigenvalue weighted by atomic mass is 10.1. The predicted molar refractivity (Wildman–Crippen MR) is 114 cm³/mol. The first kappa shape index (κ1) is 19.9. The van der Waals surface area contributed by atoms with Crippen LogP contribution >= 0.6 is 11.8 Å². The number of para-hydroxylation sites is 1. The number of hydrogen-bond acceptors (Lipinski definition) is 5. The number of benzene rings is 2. The van der Waals surface area contributed by atoms with Crippen LogP contribution in [0.15, 0.2) is 58.4 Å². The molecule has 0 unspecified atom stereocenters. The lowest BCUT2D eigenvalue weighted by Crippen LogP contribution is -2.28. The van der Waals surface area contributed by atoms with E-state index in [0.717, 1.165) is 23.2 Å².